The van der Waals surface area contributed by atoms with E-state index in [0.29, 0.717) is 5.92 Å². The molecule has 1 aromatic carbocycles. The average Bonchev–Trinajstić information content (AvgIpc) is 2.92. The van der Waals surface area contributed by atoms with Crippen LogP contribution in [-0.4, -0.2) is 26.3 Å². The second-order valence-corrected chi connectivity index (χ2v) is 6.27. The van der Waals surface area contributed by atoms with Crippen molar-refractivity contribution in [1.82, 2.24) is 5.32 Å². The molecule has 2 unspecified atom stereocenters. The molecular formula is C17H25NO. The fraction of sp³-hybridized carbons (Fsp3) is 0.647. The summed E-state index contributed by atoms with van der Waals surface area (Å²) in [7, 11) is 0. The van der Waals surface area contributed by atoms with Crippen molar-refractivity contribution in [3.63, 3.8) is 0 Å². The normalized spacial score (nSPS) is 26.9. The Morgan fingerprint density at radius 3 is 2.53 bits per heavy atom. The van der Waals surface area contributed by atoms with Crippen molar-refractivity contribution < 1.29 is 4.74 Å². The van der Waals surface area contributed by atoms with Gasteiger partial charge in [-0.3, -0.25) is 0 Å². The maximum Gasteiger partial charge on any atom is 0.0588 e. The summed E-state index contributed by atoms with van der Waals surface area (Å²) in [6.07, 6.45) is 2.50. The van der Waals surface area contributed by atoms with E-state index in [4.69, 9.17) is 4.74 Å². The van der Waals surface area contributed by atoms with Gasteiger partial charge in [0.05, 0.1) is 13.2 Å². The molecule has 19 heavy (non-hydrogen) atoms. The molecule has 2 aliphatic heterocycles. The zero-order chi connectivity index (χ0) is 13.3. The first kappa shape index (κ1) is 13.1. The van der Waals surface area contributed by atoms with Crippen molar-refractivity contribution in [2.75, 3.05) is 26.3 Å². The second kappa shape index (κ2) is 5.26. The smallest absolute Gasteiger partial charge is 0.0588 e. The monoisotopic (exact) mass is 259 g/mol. The summed E-state index contributed by atoms with van der Waals surface area (Å²) in [5.74, 6) is 1.41. The Kier molecular flexibility index (Phi) is 3.64. The highest BCUT2D eigenvalue weighted by atomic mass is 16.5. The second-order valence-electron chi connectivity index (χ2n) is 6.27. The molecule has 1 aromatic rings. The zero-order valence-corrected chi connectivity index (χ0v) is 12.1. The van der Waals surface area contributed by atoms with Crippen LogP contribution >= 0.6 is 0 Å². The van der Waals surface area contributed by atoms with Crippen molar-refractivity contribution in [2.24, 2.45) is 5.92 Å². The van der Waals surface area contributed by atoms with Crippen LogP contribution in [0.25, 0.3) is 0 Å². The van der Waals surface area contributed by atoms with E-state index in [1.807, 2.05) is 0 Å². The van der Waals surface area contributed by atoms with Gasteiger partial charge in [-0.2, -0.15) is 0 Å². The van der Waals surface area contributed by atoms with Crippen LogP contribution < -0.4 is 5.32 Å². The molecule has 0 aromatic heterocycles. The fourth-order valence-corrected chi connectivity index (χ4v) is 3.47. The molecule has 2 nitrogen and oxygen atoms in total. The van der Waals surface area contributed by atoms with Crippen LogP contribution in [0, 0.1) is 5.92 Å². The van der Waals surface area contributed by atoms with Gasteiger partial charge in [-0.1, -0.05) is 38.1 Å². The SMILES string of the molecule is CCC(C)c1ccc(C2(C3CCNC3)COC2)cc1. The molecule has 2 heteroatoms. The Morgan fingerprint density at radius 2 is 2.05 bits per heavy atom. The van der Waals surface area contributed by atoms with Gasteiger partial charge in [0.1, 0.15) is 0 Å². The van der Waals surface area contributed by atoms with Gasteiger partial charge in [0.15, 0.2) is 0 Å². The third kappa shape index (κ3) is 2.21. The first-order chi connectivity index (χ1) is 9.26. The van der Waals surface area contributed by atoms with E-state index in [-0.39, 0.29) is 5.41 Å². The molecule has 2 atom stereocenters. The summed E-state index contributed by atoms with van der Waals surface area (Å²) >= 11 is 0. The van der Waals surface area contributed by atoms with E-state index in [1.165, 1.54) is 24.0 Å². The minimum Gasteiger partial charge on any atom is -0.379 e. The first-order valence-corrected chi connectivity index (χ1v) is 7.65. The minimum absolute atomic E-state index is 0.289. The molecule has 104 valence electrons. The predicted octanol–water partition coefficient (Wildman–Crippen LogP) is 3.08. The Balaban J connectivity index is 1.83. The van der Waals surface area contributed by atoms with Crippen LogP contribution in [0.2, 0.25) is 0 Å². The molecule has 2 aliphatic rings. The Morgan fingerprint density at radius 1 is 1.32 bits per heavy atom. The highest BCUT2D eigenvalue weighted by Crippen LogP contribution is 2.42. The highest BCUT2D eigenvalue weighted by Gasteiger charge is 2.47. The number of benzene rings is 1. The molecule has 0 spiro atoms. The molecular weight excluding hydrogens is 234 g/mol. The first-order valence-electron chi connectivity index (χ1n) is 7.65. The van der Waals surface area contributed by atoms with E-state index in [0.717, 1.165) is 32.2 Å². The van der Waals surface area contributed by atoms with Crippen LogP contribution in [0.1, 0.15) is 43.7 Å². The minimum atomic E-state index is 0.289. The van der Waals surface area contributed by atoms with E-state index in [1.54, 1.807) is 0 Å². The van der Waals surface area contributed by atoms with Crippen LogP contribution in [-0.2, 0) is 10.2 Å². The maximum atomic E-state index is 5.58. The van der Waals surface area contributed by atoms with Crippen molar-refractivity contribution in [3.05, 3.63) is 35.4 Å². The molecule has 2 heterocycles. The largest absolute Gasteiger partial charge is 0.379 e. The van der Waals surface area contributed by atoms with Crippen LogP contribution in [0.15, 0.2) is 24.3 Å². The quantitative estimate of drug-likeness (QED) is 0.897. The summed E-state index contributed by atoms with van der Waals surface area (Å²) in [5, 5.41) is 3.50. The number of hydrogen-bond donors (Lipinski definition) is 1. The third-order valence-electron chi connectivity index (χ3n) is 5.23. The molecule has 3 rings (SSSR count). The summed E-state index contributed by atoms with van der Waals surface area (Å²) < 4.78 is 5.58. The number of hydrogen-bond acceptors (Lipinski definition) is 2. The maximum absolute atomic E-state index is 5.58. The zero-order valence-electron chi connectivity index (χ0n) is 12.1. The van der Waals surface area contributed by atoms with Gasteiger partial charge in [0.25, 0.3) is 0 Å². The summed E-state index contributed by atoms with van der Waals surface area (Å²) in [5.41, 5.74) is 3.24. The Hall–Kier alpha value is -0.860. The number of nitrogens with one attached hydrogen (secondary N) is 1. The lowest BCUT2D eigenvalue weighted by Gasteiger charge is -2.46. The molecule has 0 radical (unpaired) electrons. The van der Waals surface area contributed by atoms with E-state index in [2.05, 4.69) is 43.4 Å². The van der Waals surface area contributed by atoms with Crippen molar-refractivity contribution in [2.45, 2.75) is 38.0 Å². The van der Waals surface area contributed by atoms with Gasteiger partial charge in [-0.05, 0) is 48.9 Å². The van der Waals surface area contributed by atoms with Gasteiger partial charge in [-0.25, -0.2) is 0 Å². The van der Waals surface area contributed by atoms with Crippen molar-refractivity contribution in [1.29, 1.82) is 0 Å². The lowest BCUT2D eigenvalue weighted by Crippen LogP contribution is -2.53. The molecule has 0 saturated carbocycles. The van der Waals surface area contributed by atoms with Gasteiger partial charge in [0.2, 0.25) is 0 Å². The van der Waals surface area contributed by atoms with E-state index >= 15 is 0 Å². The molecule has 2 saturated heterocycles. The van der Waals surface area contributed by atoms with Crippen molar-refractivity contribution in [3.8, 4) is 0 Å². The summed E-state index contributed by atoms with van der Waals surface area (Å²) in [6, 6.07) is 9.35. The molecule has 0 aliphatic carbocycles. The summed E-state index contributed by atoms with van der Waals surface area (Å²) in [4.78, 5) is 0. The van der Waals surface area contributed by atoms with Crippen LogP contribution in [0.3, 0.4) is 0 Å². The lowest BCUT2D eigenvalue weighted by atomic mass is 9.68. The standard InChI is InChI=1S/C17H25NO/c1-3-13(2)14-4-6-15(7-5-14)17(11-19-12-17)16-8-9-18-10-16/h4-7,13,16,18H,3,8-12H2,1-2H3. The van der Waals surface area contributed by atoms with Gasteiger partial charge in [0, 0.05) is 5.41 Å². The van der Waals surface area contributed by atoms with Crippen LogP contribution in [0.4, 0.5) is 0 Å². The third-order valence-corrected chi connectivity index (χ3v) is 5.23. The molecule has 0 amide bonds. The van der Waals surface area contributed by atoms with Crippen molar-refractivity contribution >= 4 is 0 Å². The van der Waals surface area contributed by atoms with Gasteiger partial charge in [-0.15, -0.1) is 0 Å². The van der Waals surface area contributed by atoms with E-state index in [9.17, 15) is 0 Å². The fourth-order valence-electron chi connectivity index (χ4n) is 3.47. The number of ether oxygens (including phenoxy) is 1. The lowest BCUT2D eigenvalue weighted by molar-refractivity contribution is -0.0869. The topological polar surface area (TPSA) is 21.3 Å². The summed E-state index contributed by atoms with van der Waals surface area (Å²) in [6.45, 7) is 8.68. The average molecular weight is 259 g/mol. The Bertz CT molecular complexity index is 415. The number of rotatable bonds is 4. The predicted molar refractivity (Wildman–Crippen MR) is 78.6 cm³/mol. The Labute approximate surface area is 116 Å². The molecule has 0 bridgehead atoms. The van der Waals surface area contributed by atoms with Gasteiger partial charge < -0.3 is 10.1 Å². The van der Waals surface area contributed by atoms with E-state index < -0.39 is 0 Å². The molecule has 2 fully saturated rings. The van der Waals surface area contributed by atoms with Gasteiger partial charge >= 0.3 is 0 Å². The molecule has 1 N–H and O–H groups in total. The van der Waals surface area contributed by atoms with Crippen LogP contribution in [0.5, 0.6) is 0 Å². The highest BCUT2D eigenvalue weighted by molar-refractivity contribution is 5.34.